The van der Waals surface area contributed by atoms with Gasteiger partial charge in [0.15, 0.2) is 0 Å². The molecule has 0 radical (unpaired) electrons. The van der Waals surface area contributed by atoms with Gasteiger partial charge in [-0.05, 0) is 12.1 Å². The Morgan fingerprint density at radius 3 is 2.73 bits per heavy atom. The summed E-state index contributed by atoms with van der Waals surface area (Å²) in [4.78, 5) is 18.3. The first-order chi connectivity index (χ1) is 10.7. The van der Waals surface area contributed by atoms with Crippen molar-refractivity contribution in [3.05, 3.63) is 53.3 Å². The molecular weight excluding hydrogens is 302 g/mol. The highest BCUT2D eigenvalue weighted by Crippen LogP contribution is 2.20. The van der Waals surface area contributed by atoms with Crippen LogP contribution in [0.3, 0.4) is 0 Å². The van der Waals surface area contributed by atoms with Gasteiger partial charge in [0.1, 0.15) is 5.75 Å². The van der Waals surface area contributed by atoms with Gasteiger partial charge in [-0.3, -0.25) is 4.98 Å². The Hall–Kier alpha value is -2.51. The van der Waals surface area contributed by atoms with Crippen LogP contribution in [0.4, 0.5) is 0 Å². The zero-order valence-corrected chi connectivity index (χ0v) is 12.7. The lowest BCUT2D eigenvalue weighted by Gasteiger charge is -2.03. The minimum absolute atomic E-state index is 0.109. The van der Waals surface area contributed by atoms with Gasteiger partial charge in [0, 0.05) is 24.5 Å². The Morgan fingerprint density at radius 2 is 2.14 bits per heavy atom. The molecule has 0 saturated carbocycles. The molecule has 2 aromatic heterocycles. The van der Waals surface area contributed by atoms with E-state index in [0.717, 1.165) is 27.3 Å². The molecule has 0 atom stereocenters. The number of para-hydroxylation sites is 1. The van der Waals surface area contributed by atoms with Gasteiger partial charge >= 0.3 is 5.97 Å². The first-order valence-corrected chi connectivity index (χ1v) is 7.23. The van der Waals surface area contributed by atoms with Gasteiger partial charge in [0.2, 0.25) is 5.01 Å². The lowest BCUT2D eigenvalue weighted by molar-refractivity contribution is 0.0696. The van der Waals surface area contributed by atoms with Crippen molar-refractivity contribution in [2.45, 2.75) is 6.54 Å². The number of methoxy groups -OCH3 is 1. The van der Waals surface area contributed by atoms with Crippen LogP contribution in [-0.4, -0.2) is 28.2 Å². The maximum absolute atomic E-state index is 10.5. The third-order valence-electron chi connectivity index (χ3n) is 2.79. The number of hydrogen-bond donors (Lipinski definition) is 2. The van der Waals surface area contributed by atoms with Crippen LogP contribution in [0.15, 0.2) is 42.7 Å². The Labute approximate surface area is 131 Å². The normalized spacial score (nSPS) is 9.91. The number of carboxylic acid groups (broad SMARTS) is 1. The molecule has 3 rings (SSSR count). The smallest absolute Gasteiger partial charge is 0.365 e. The van der Waals surface area contributed by atoms with Crippen molar-refractivity contribution in [3.63, 3.8) is 0 Å². The van der Waals surface area contributed by atoms with E-state index in [0.29, 0.717) is 12.1 Å². The fraction of sp³-hybridized carbons (Fsp3) is 0.133. The van der Waals surface area contributed by atoms with Crippen molar-refractivity contribution in [2.75, 3.05) is 7.11 Å². The molecule has 0 unspecified atom stereocenters. The van der Waals surface area contributed by atoms with Gasteiger partial charge in [-0.25, -0.2) is 9.78 Å². The van der Waals surface area contributed by atoms with Crippen molar-refractivity contribution >= 4 is 27.5 Å². The van der Waals surface area contributed by atoms with Gasteiger partial charge in [0.05, 0.1) is 17.3 Å². The van der Waals surface area contributed by atoms with E-state index in [9.17, 15) is 4.79 Å². The molecule has 0 amide bonds. The van der Waals surface area contributed by atoms with E-state index >= 15 is 0 Å². The van der Waals surface area contributed by atoms with Crippen molar-refractivity contribution in [1.82, 2.24) is 9.97 Å². The average Bonchev–Trinajstić information content (AvgIpc) is 3.00. The zero-order chi connectivity index (χ0) is 15.9. The van der Waals surface area contributed by atoms with Crippen LogP contribution in [-0.2, 0) is 6.54 Å². The number of benzene rings is 1. The van der Waals surface area contributed by atoms with Crippen LogP contribution < -0.4 is 10.5 Å². The second-order valence-corrected chi connectivity index (χ2v) is 5.21. The molecule has 0 aliphatic carbocycles. The van der Waals surface area contributed by atoms with E-state index in [1.54, 1.807) is 25.6 Å². The van der Waals surface area contributed by atoms with Gasteiger partial charge in [-0.1, -0.05) is 18.2 Å². The van der Waals surface area contributed by atoms with Crippen LogP contribution in [0.2, 0.25) is 0 Å². The number of fused-ring (bicyclic) bond motifs is 1. The molecule has 2 heterocycles. The van der Waals surface area contributed by atoms with E-state index in [1.807, 2.05) is 24.3 Å². The Balaban J connectivity index is 0.000000164. The van der Waals surface area contributed by atoms with Crippen LogP contribution in [0.5, 0.6) is 5.75 Å². The second-order valence-electron chi connectivity index (χ2n) is 4.18. The number of hydrogen-bond acceptors (Lipinski definition) is 6. The number of thiazole rings is 1. The molecular formula is C15H15N3O3S. The lowest BCUT2D eigenvalue weighted by atomic mass is 10.2. The fourth-order valence-electron chi connectivity index (χ4n) is 1.74. The van der Waals surface area contributed by atoms with E-state index < -0.39 is 5.97 Å². The third kappa shape index (κ3) is 3.78. The highest BCUT2D eigenvalue weighted by Gasteiger charge is 2.09. The number of aromatic carboxylic acids is 1. The molecule has 0 fully saturated rings. The van der Waals surface area contributed by atoms with Gasteiger partial charge in [-0.2, -0.15) is 0 Å². The summed E-state index contributed by atoms with van der Waals surface area (Å²) in [5.74, 6) is -0.124. The quantitative estimate of drug-likeness (QED) is 0.770. The summed E-state index contributed by atoms with van der Waals surface area (Å²) in [5, 5.41) is 8.72. The van der Waals surface area contributed by atoms with E-state index in [1.165, 1.54) is 0 Å². The SMILES string of the molecule is COc1ccccc1CN.O=C(O)c1nc2ccncc2s1. The van der Waals surface area contributed by atoms with Crippen LogP contribution in [0.25, 0.3) is 10.2 Å². The average molecular weight is 317 g/mol. The van der Waals surface area contributed by atoms with E-state index in [2.05, 4.69) is 9.97 Å². The monoisotopic (exact) mass is 317 g/mol. The highest BCUT2D eigenvalue weighted by molar-refractivity contribution is 7.20. The highest BCUT2D eigenvalue weighted by atomic mass is 32.1. The number of nitrogens with zero attached hydrogens (tertiary/aromatic N) is 2. The largest absolute Gasteiger partial charge is 0.496 e. The molecule has 114 valence electrons. The molecule has 3 N–H and O–H groups in total. The van der Waals surface area contributed by atoms with Crippen molar-refractivity contribution in [2.24, 2.45) is 5.73 Å². The van der Waals surface area contributed by atoms with Crippen LogP contribution in [0, 0.1) is 0 Å². The van der Waals surface area contributed by atoms with Crippen molar-refractivity contribution in [1.29, 1.82) is 0 Å². The Bertz CT molecular complexity index is 717. The fourth-order valence-corrected chi connectivity index (χ4v) is 2.51. The number of aromatic nitrogens is 2. The predicted molar refractivity (Wildman–Crippen MR) is 85.3 cm³/mol. The molecule has 0 aliphatic heterocycles. The molecule has 6 nitrogen and oxygen atoms in total. The number of carbonyl (C=O) groups is 1. The summed E-state index contributed by atoms with van der Waals surface area (Å²) in [6.45, 7) is 0.532. The maximum Gasteiger partial charge on any atom is 0.365 e. The number of pyridine rings is 1. The molecule has 0 bridgehead atoms. The lowest BCUT2D eigenvalue weighted by Crippen LogP contribution is -1.98. The van der Waals surface area contributed by atoms with E-state index in [4.69, 9.17) is 15.6 Å². The minimum Gasteiger partial charge on any atom is -0.496 e. The third-order valence-corrected chi connectivity index (χ3v) is 3.78. The number of ether oxygens (including phenoxy) is 1. The van der Waals surface area contributed by atoms with Gasteiger partial charge < -0.3 is 15.6 Å². The maximum atomic E-state index is 10.5. The Kier molecular flexibility index (Phi) is 5.40. The molecule has 7 heteroatoms. The number of carboxylic acids is 1. The first-order valence-electron chi connectivity index (χ1n) is 6.41. The molecule has 0 saturated heterocycles. The van der Waals surface area contributed by atoms with Crippen molar-refractivity contribution < 1.29 is 14.6 Å². The zero-order valence-electron chi connectivity index (χ0n) is 11.9. The Morgan fingerprint density at radius 1 is 1.36 bits per heavy atom. The standard InChI is InChI=1S/C8H11NO.C7H4N2O2S/c1-10-8-5-3-2-4-7(8)6-9;10-7(11)6-9-4-1-2-8-3-5(4)12-6/h2-5H,6,9H2,1H3;1-3H,(H,10,11). The second kappa shape index (κ2) is 7.48. The summed E-state index contributed by atoms with van der Waals surface area (Å²) < 4.78 is 5.86. The van der Waals surface area contributed by atoms with Crippen LogP contribution >= 0.6 is 11.3 Å². The van der Waals surface area contributed by atoms with Gasteiger partial charge in [0.25, 0.3) is 0 Å². The number of nitrogens with two attached hydrogens (primary N) is 1. The van der Waals surface area contributed by atoms with E-state index in [-0.39, 0.29) is 5.01 Å². The molecule has 0 aliphatic rings. The number of rotatable bonds is 3. The summed E-state index contributed by atoms with van der Waals surface area (Å²) in [5.41, 5.74) is 7.18. The van der Waals surface area contributed by atoms with Crippen LogP contribution in [0.1, 0.15) is 15.4 Å². The summed E-state index contributed by atoms with van der Waals surface area (Å²) >= 11 is 1.13. The summed E-state index contributed by atoms with van der Waals surface area (Å²) in [7, 11) is 1.65. The molecule has 3 aromatic rings. The topological polar surface area (TPSA) is 98.3 Å². The summed E-state index contributed by atoms with van der Waals surface area (Å²) in [6, 6.07) is 9.43. The molecule has 1 aromatic carbocycles. The summed E-state index contributed by atoms with van der Waals surface area (Å²) in [6.07, 6.45) is 3.20. The van der Waals surface area contributed by atoms with Gasteiger partial charge in [-0.15, -0.1) is 11.3 Å². The predicted octanol–water partition coefficient (Wildman–Crippen LogP) is 2.54. The van der Waals surface area contributed by atoms with Crippen molar-refractivity contribution in [3.8, 4) is 5.75 Å². The first kappa shape index (κ1) is 15.9. The minimum atomic E-state index is -0.990. The molecule has 0 spiro atoms. The molecule has 22 heavy (non-hydrogen) atoms.